The highest BCUT2D eigenvalue weighted by Gasteiger charge is 2.23. The van der Waals surface area contributed by atoms with Crippen LogP contribution in [-0.2, 0) is 18.3 Å². The summed E-state index contributed by atoms with van der Waals surface area (Å²) >= 11 is 0. The number of aromatic nitrogens is 4. The molecule has 5 aromatic rings. The van der Waals surface area contributed by atoms with E-state index in [1.807, 2.05) is 60.2 Å². The van der Waals surface area contributed by atoms with Gasteiger partial charge in [0, 0.05) is 41.5 Å². The predicted octanol–water partition coefficient (Wildman–Crippen LogP) is 3.30. The van der Waals surface area contributed by atoms with E-state index in [1.165, 1.54) is 4.68 Å². The summed E-state index contributed by atoms with van der Waals surface area (Å²) in [6, 6.07) is 13.0. The molecule has 8 heteroatoms. The summed E-state index contributed by atoms with van der Waals surface area (Å²) < 4.78 is 8.45. The van der Waals surface area contributed by atoms with Crippen LogP contribution in [0.5, 0.6) is 5.75 Å². The SMILES string of the molecule is COc1ccc2[nH]cc(CCNC(=O)[C@H](C)n3c4ccccc4c4cnn(C)c(=O)c43)c2c1. The molecule has 0 saturated carbocycles. The Balaban J connectivity index is 1.41. The highest BCUT2D eigenvalue weighted by molar-refractivity contribution is 6.08. The van der Waals surface area contributed by atoms with E-state index < -0.39 is 6.04 Å². The first-order valence-electron chi connectivity index (χ1n) is 10.9. The lowest BCUT2D eigenvalue weighted by Gasteiger charge is -2.16. The lowest BCUT2D eigenvalue weighted by Crippen LogP contribution is -2.33. The summed E-state index contributed by atoms with van der Waals surface area (Å²) in [4.78, 5) is 29.3. The number of benzene rings is 2. The van der Waals surface area contributed by atoms with Crippen LogP contribution in [0.4, 0.5) is 0 Å². The molecule has 33 heavy (non-hydrogen) atoms. The number of carbonyl (C=O) groups is 1. The van der Waals surface area contributed by atoms with Crippen LogP contribution >= 0.6 is 0 Å². The minimum atomic E-state index is -0.564. The van der Waals surface area contributed by atoms with Crippen molar-refractivity contribution in [1.29, 1.82) is 0 Å². The fourth-order valence-electron chi connectivity index (χ4n) is 4.47. The molecule has 8 nitrogen and oxygen atoms in total. The van der Waals surface area contributed by atoms with E-state index in [0.29, 0.717) is 18.5 Å². The summed E-state index contributed by atoms with van der Waals surface area (Å²) in [6.45, 7) is 2.29. The zero-order valence-corrected chi connectivity index (χ0v) is 18.8. The molecule has 5 rings (SSSR count). The number of hydrogen-bond donors (Lipinski definition) is 2. The first kappa shape index (κ1) is 20.8. The van der Waals surface area contributed by atoms with Crippen molar-refractivity contribution in [3.05, 3.63) is 70.8 Å². The molecular weight excluding hydrogens is 418 g/mol. The molecule has 3 aromatic heterocycles. The Kier molecular flexibility index (Phi) is 5.12. The number of methoxy groups -OCH3 is 1. The topological polar surface area (TPSA) is 93.9 Å². The van der Waals surface area contributed by atoms with E-state index in [-0.39, 0.29) is 11.5 Å². The number of carbonyl (C=O) groups excluding carboxylic acids is 1. The Morgan fingerprint density at radius 2 is 2.00 bits per heavy atom. The predicted molar refractivity (Wildman–Crippen MR) is 129 cm³/mol. The van der Waals surface area contributed by atoms with Gasteiger partial charge in [-0.05, 0) is 43.2 Å². The van der Waals surface area contributed by atoms with Crippen molar-refractivity contribution in [3.8, 4) is 5.75 Å². The molecule has 3 heterocycles. The number of para-hydroxylation sites is 1. The fourth-order valence-corrected chi connectivity index (χ4v) is 4.47. The Morgan fingerprint density at radius 3 is 2.82 bits per heavy atom. The second-order valence-corrected chi connectivity index (χ2v) is 8.17. The molecule has 0 radical (unpaired) electrons. The zero-order valence-electron chi connectivity index (χ0n) is 18.8. The minimum absolute atomic E-state index is 0.144. The third kappa shape index (κ3) is 3.44. The van der Waals surface area contributed by atoms with E-state index >= 15 is 0 Å². The molecule has 1 amide bonds. The summed E-state index contributed by atoms with van der Waals surface area (Å²) in [6.07, 6.45) is 4.32. The van der Waals surface area contributed by atoms with Crippen LogP contribution in [0.2, 0.25) is 0 Å². The number of rotatable bonds is 6. The molecule has 168 valence electrons. The van der Waals surface area contributed by atoms with Crippen molar-refractivity contribution in [2.75, 3.05) is 13.7 Å². The van der Waals surface area contributed by atoms with Gasteiger partial charge in [-0.3, -0.25) is 9.59 Å². The maximum Gasteiger partial charge on any atom is 0.291 e. The first-order valence-corrected chi connectivity index (χ1v) is 10.9. The van der Waals surface area contributed by atoms with Crippen LogP contribution in [0.3, 0.4) is 0 Å². The number of H-pyrrole nitrogens is 1. The third-order valence-electron chi connectivity index (χ3n) is 6.24. The quantitative estimate of drug-likeness (QED) is 0.421. The van der Waals surface area contributed by atoms with Crippen LogP contribution in [0.15, 0.2) is 59.7 Å². The molecule has 0 aliphatic rings. The van der Waals surface area contributed by atoms with Gasteiger partial charge in [-0.15, -0.1) is 0 Å². The summed E-state index contributed by atoms with van der Waals surface area (Å²) in [5, 5.41) is 9.94. The van der Waals surface area contributed by atoms with E-state index in [4.69, 9.17) is 4.74 Å². The first-order chi connectivity index (χ1) is 16.0. The zero-order chi connectivity index (χ0) is 23.1. The number of nitrogens with one attached hydrogen (secondary N) is 2. The van der Waals surface area contributed by atoms with Gasteiger partial charge in [-0.25, -0.2) is 4.68 Å². The molecule has 0 spiro atoms. The van der Waals surface area contributed by atoms with Crippen molar-refractivity contribution < 1.29 is 9.53 Å². The largest absolute Gasteiger partial charge is 0.497 e. The second kappa shape index (κ2) is 8.12. The summed E-state index contributed by atoms with van der Waals surface area (Å²) in [5.41, 5.74) is 3.23. The van der Waals surface area contributed by atoms with Gasteiger partial charge in [0.2, 0.25) is 5.91 Å². The Hall–Kier alpha value is -4.07. The molecule has 2 N–H and O–H groups in total. The van der Waals surface area contributed by atoms with Gasteiger partial charge in [-0.1, -0.05) is 18.2 Å². The third-order valence-corrected chi connectivity index (χ3v) is 6.24. The van der Waals surface area contributed by atoms with E-state index in [1.54, 1.807) is 20.4 Å². The molecule has 0 bridgehead atoms. The van der Waals surface area contributed by atoms with Crippen molar-refractivity contribution >= 4 is 38.6 Å². The van der Waals surface area contributed by atoms with E-state index in [9.17, 15) is 9.59 Å². The van der Waals surface area contributed by atoms with Crippen molar-refractivity contribution in [2.24, 2.45) is 7.05 Å². The molecule has 0 fully saturated rings. The average Bonchev–Trinajstić information content (AvgIpc) is 3.39. The van der Waals surface area contributed by atoms with Crippen LogP contribution in [0, 0.1) is 0 Å². The van der Waals surface area contributed by atoms with Crippen molar-refractivity contribution in [3.63, 3.8) is 0 Å². The molecule has 0 aliphatic heterocycles. The van der Waals surface area contributed by atoms with Gasteiger partial charge in [0.25, 0.3) is 5.56 Å². The van der Waals surface area contributed by atoms with Crippen LogP contribution < -0.4 is 15.6 Å². The van der Waals surface area contributed by atoms with Crippen LogP contribution in [0.25, 0.3) is 32.7 Å². The Bertz CT molecular complexity index is 1560. The van der Waals surface area contributed by atoms with Gasteiger partial charge in [0.05, 0.1) is 18.8 Å². The van der Waals surface area contributed by atoms with Gasteiger partial charge >= 0.3 is 0 Å². The van der Waals surface area contributed by atoms with E-state index in [0.717, 1.165) is 38.5 Å². The molecule has 0 aliphatic carbocycles. The number of fused-ring (bicyclic) bond motifs is 4. The number of ether oxygens (including phenoxy) is 1. The second-order valence-electron chi connectivity index (χ2n) is 8.17. The highest BCUT2D eigenvalue weighted by atomic mass is 16.5. The van der Waals surface area contributed by atoms with Crippen LogP contribution in [-0.4, -0.2) is 38.9 Å². The van der Waals surface area contributed by atoms with Gasteiger partial charge in [-0.2, -0.15) is 5.10 Å². The molecular formula is C25H25N5O3. The number of nitrogens with zero attached hydrogens (tertiary/aromatic N) is 3. The number of amides is 1. The maximum atomic E-state index is 13.1. The number of aryl methyl sites for hydroxylation is 1. The monoisotopic (exact) mass is 443 g/mol. The molecule has 1 atom stereocenters. The van der Waals surface area contributed by atoms with Gasteiger partial charge in [0.15, 0.2) is 0 Å². The smallest absolute Gasteiger partial charge is 0.291 e. The van der Waals surface area contributed by atoms with Gasteiger partial charge in [0.1, 0.15) is 17.3 Å². The van der Waals surface area contributed by atoms with E-state index in [2.05, 4.69) is 15.4 Å². The van der Waals surface area contributed by atoms with Crippen LogP contribution in [0.1, 0.15) is 18.5 Å². The number of aromatic amines is 1. The average molecular weight is 444 g/mol. The van der Waals surface area contributed by atoms with Gasteiger partial charge < -0.3 is 19.6 Å². The number of hydrogen-bond acceptors (Lipinski definition) is 4. The molecule has 0 saturated heterocycles. The lowest BCUT2D eigenvalue weighted by atomic mass is 10.1. The Labute approximate surface area is 189 Å². The standard InChI is InChI=1S/C25H25N5O3/c1-15(24(31)26-11-10-16-13-27-21-9-8-17(33-3)12-19(16)21)30-22-7-5-4-6-18(22)20-14-28-29(2)25(32)23(20)30/h4-9,12-15,27H,10-11H2,1-3H3,(H,26,31)/t15-/m0/s1. The normalized spacial score (nSPS) is 12.5. The summed E-state index contributed by atoms with van der Waals surface area (Å²) in [5.74, 6) is 0.650. The Morgan fingerprint density at radius 1 is 1.18 bits per heavy atom. The lowest BCUT2D eigenvalue weighted by molar-refractivity contribution is -0.123. The maximum absolute atomic E-state index is 13.1. The molecule has 0 unspecified atom stereocenters. The summed E-state index contributed by atoms with van der Waals surface area (Å²) in [7, 11) is 3.26. The van der Waals surface area contributed by atoms with Crippen molar-refractivity contribution in [2.45, 2.75) is 19.4 Å². The van der Waals surface area contributed by atoms with Crippen molar-refractivity contribution in [1.82, 2.24) is 24.6 Å². The molecule has 2 aromatic carbocycles. The fraction of sp³-hybridized carbons (Fsp3) is 0.240. The minimum Gasteiger partial charge on any atom is -0.497 e. The highest BCUT2D eigenvalue weighted by Crippen LogP contribution is 2.29.